The second-order valence-corrected chi connectivity index (χ2v) is 10.9. The summed E-state index contributed by atoms with van der Waals surface area (Å²) in [7, 11) is 3.06. The molecule has 2 aromatic heterocycles. The third-order valence-electron chi connectivity index (χ3n) is 6.89. The highest BCUT2D eigenvalue weighted by molar-refractivity contribution is 5.96. The van der Waals surface area contributed by atoms with E-state index in [-0.39, 0.29) is 47.0 Å². The molecule has 3 aromatic rings. The molecule has 0 spiro atoms. The summed E-state index contributed by atoms with van der Waals surface area (Å²) in [6, 6.07) is 4.99. The topological polar surface area (TPSA) is 138 Å². The number of rotatable bonds is 8. The van der Waals surface area contributed by atoms with Gasteiger partial charge in [-0.05, 0) is 45.7 Å². The zero-order valence-corrected chi connectivity index (χ0v) is 24.2. The largest absolute Gasteiger partial charge is 0.497 e. The van der Waals surface area contributed by atoms with Crippen molar-refractivity contribution in [2.24, 2.45) is 5.73 Å². The molecule has 0 bridgehead atoms. The molecule has 3 N–H and O–H groups in total. The minimum atomic E-state index is -0.922. The summed E-state index contributed by atoms with van der Waals surface area (Å²) in [6.07, 6.45) is 1.53. The van der Waals surface area contributed by atoms with Gasteiger partial charge in [-0.3, -0.25) is 9.59 Å². The van der Waals surface area contributed by atoms with Crippen LogP contribution in [0.4, 0.5) is 15.0 Å². The van der Waals surface area contributed by atoms with Crippen molar-refractivity contribution in [3.05, 3.63) is 57.1 Å². The van der Waals surface area contributed by atoms with Gasteiger partial charge in [-0.15, -0.1) is 0 Å². The summed E-state index contributed by atoms with van der Waals surface area (Å²) in [4.78, 5) is 44.3. The number of pyridine rings is 2. The predicted molar refractivity (Wildman–Crippen MR) is 152 cm³/mol. The van der Waals surface area contributed by atoms with Crippen molar-refractivity contribution in [2.75, 3.05) is 32.2 Å². The molecule has 0 aliphatic carbocycles. The first-order valence-electron chi connectivity index (χ1n) is 13.4. The first-order chi connectivity index (χ1) is 19.4. The summed E-state index contributed by atoms with van der Waals surface area (Å²) in [6.45, 7) is 7.93. The molecule has 4 rings (SSSR count). The Bertz CT molecular complexity index is 1550. The number of nitrogens with zero attached hydrogens (tertiary/aromatic N) is 3. The van der Waals surface area contributed by atoms with Crippen molar-refractivity contribution in [1.82, 2.24) is 14.9 Å². The third-order valence-corrected chi connectivity index (χ3v) is 6.89. The van der Waals surface area contributed by atoms with Gasteiger partial charge >= 0.3 is 6.09 Å². The van der Waals surface area contributed by atoms with E-state index < -0.39 is 28.8 Å². The summed E-state index contributed by atoms with van der Waals surface area (Å²) in [5.74, 6) is -0.401. The van der Waals surface area contributed by atoms with Crippen LogP contribution in [0.15, 0.2) is 29.2 Å². The fraction of sp³-hybridized carbons (Fsp3) is 0.448. The molecular formula is C29H36FN5O6. The summed E-state index contributed by atoms with van der Waals surface area (Å²) >= 11 is 0. The molecular weight excluding hydrogens is 533 g/mol. The molecule has 0 radical (unpaired) electrons. The van der Waals surface area contributed by atoms with Crippen LogP contribution in [0.1, 0.15) is 55.6 Å². The van der Waals surface area contributed by atoms with Crippen LogP contribution in [-0.2, 0) is 17.7 Å². The Morgan fingerprint density at radius 2 is 1.95 bits per heavy atom. The standard InChI is InChI=1S/C29H36FN5O6/c1-7-19-22-24(36)20(25(31)37)15-35(13-16-8-9-18(39-5)12-21(16)40-6)26(22)33-27(23(19)30)34-11-10-17(14-34)32-28(38)41-29(2,3)4/h8-9,12,15,17H,7,10-11,13-14H2,1-6H3,(H2,31,37)(H,32,38). The van der Waals surface area contributed by atoms with Gasteiger partial charge < -0.3 is 34.7 Å². The molecule has 1 unspecified atom stereocenters. The summed E-state index contributed by atoms with van der Waals surface area (Å²) in [5, 5.41) is 2.83. The molecule has 12 heteroatoms. The summed E-state index contributed by atoms with van der Waals surface area (Å²) in [5.41, 5.74) is 5.01. The quantitative estimate of drug-likeness (QED) is 0.421. The molecule has 1 atom stereocenters. The fourth-order valence-corrected chi connectivity index (χ4v) is 4.99. The van der Waals surface area contributed by atoms with Crippen LogP contribution in [0, 0.1) is 5.82 Å². The van der Waals surface area contributed by atoms with Crippen LogP contribution in [0.5, 0.6) is 11.5 Å². The highest BCUT2D eigenvalue weighted by Crippen LogP contribution is 2.31. The maximum absolute atomic E-state index is 16.0. The summed E-state index contributed by atoms with van der Waals surface area (Å²) < 4.78 is 33.8. The number of alkyl carbamates (subject to hydrolysis) is 1. The van der Waals surface area contributed by atoms with Gasteiger partial charge in [-0.2, -0.15) is 0 Å². The van der Waals surface area contributed by atoms with E-state index in [1.807, 2.05) is 0 Å². The Morgan fingerprint density at radius 3 is 2.56 bits per heavy atom. The van der Waals surface area contributed by atoms with Crippen molar-refractivity contribution < 1.29 is 28.2 Å². The number of carbonyl (C=O) groups excluding carboxylic acids is 2. The minimum absolute atomic E-state index is 0.000144. The van der Waals surface area contributed by atoms with Crippen molar-refractivity contribution in [1.29, 1.82) is 0 Å². The lowest BCUT2D eigenvalue weighted by molar-refractivity contribution is 0.0508. The van der Waals surface area contributed by atoms with Gasteiger partial charge in [0.05, 0.1) is 32.2 Å². The van der Waals surface area contributed by atoms with Gasteiger partial charge in [0.2, 0.25) is 5.43 Å². The van der Waals surface area contributed by atoms with E-state index in [9.17, 15) is 14.4 Å². The van der Waals surface area contributed by atoms with Gasteiger partial charge in [0, 0.05) is 36.5 Å². The normalized spacial score (nSPS) is 15.2. The first kappa shape index (κ1) is 29.6. The number of nitrogens with one attached hydrogen (secondary N) is 1. The average molecular weight is 570 g/mol. The third kappa shape index (κ3) is 6.21. The van der Waals surface area contributed by atoms with Crippen LogP contribution < -0.4 is 30.9 Å². The zero-order chi connectivity index (χ0) is 30.1. The molecule has 0 saturated carbocycles. The van der Waals surface area contributed by atoms with E-state index in [2.05, 4.69) is 10.3 Å². The minimum Gasteiger partial charge on any atom is -0.497 e. The molecule has 3 heterocycles. The highest BCUT2D eigenvalue weighted by atomic mass is 19.1. The second-order valence-electron chi connectivity index (χ2n) is 10.9. The molecule has 1 fully saturated rings. The number of fused-ring (bicyclic) bond motifs is 1. The second kappa shape index (κ2) is 11.6. The number of hydrogen-bond acceptors (Lipinski definition) is 8. The zero-order valence-electron chi connectivity index (χ0n) is 24.2. The number of hydrogen-bond donors (Lipinski definition) is 2. The van der Waals surface area contributed by atoms with Gasteiger partial charge in [0.25, 0.3) is 5.91 Å². The fourth-order valence-electron chi connectivity index (χ4n) is 4.99. The van der Waals surface area contributed by atoms with Gasteiger partial charge in [-0.1, -0.05) is 6.92 Å². The number of methoxy groups -OCH3 is 2. The molecule has 41 heavy (non-hydrogen) atoms. The molecule has 1 aliphatic heterocycles. The van der Waals surface area contributed by atoms with Gasteiger partial charge in [0.1, 0.15) is 28.3 Å². The number of halogens is 1. The van der Waals surface area contributed by atoms with Crippen molar-refractivity contribution >= 4 is 28.9 Å². The average Bonchev–Trinajstić information content (AvgIpc) is 3.36. The Morgan fingerprint density at radius 1 is 1.22 bits per heavy atom. The first-order valence-corrected chi connectivity index (χ1v) is 13.4. The number of aryl methyl sites for hydroxylation is 1. The van der Waals surface area contributed by atoms with E-state index in [1.54, 1.807) is 62.5 Å². The van der Waals surface area contributed by atoms with E-state index >= 15 is 4.39 Å². The van der Waals surface area contributed by atoms with Crippen molar-refractivity contribution in [3.8, 4) is 11.5 Å². The van der Waals surface area contributed by atoms with E-state index in [0.29, 0.717) is 36.6 Å². The lowest BCUT2D eigenvalue weighted by Gasteiger charge is -2.23. The number of carbonyl (C=O) groups is 2. The highest BCUT2D eigenvalue weighted by Gasteiger charge is 2.31. The van der Waals surface area contributed by atoms with E-state index in [4.69, 9.17) is 19.9 Å². The van der Waals surface area contributed by atoms with Gasteiger partial charge in [0.15, 0.2) is 11.6 Å². The van der Waals surface area contributed by atoms with Crippen molar-refractivity contribution in [2.45, 2.75) is 58.7 Å². The molecule has 1 saturated heterocycles. The number of benzene rings is 1. The Balaban J connectivity index is 1.81. The number of aromatic nitrogens is 2. The lowest BCUT2D eigenvalue weighted by atomic mass is 10.0. The van der Waals surface area contributed by atoms with E-state index in [1.165, 1.54) is 13.3 Å². The predicted octanol–water partition coefficient (Wildman–Crippen LogP) is 3.37. The van der Waals surface area contributed by atoms with Crippen LogP contribution in [0.25, 0.3) is 11.0 Å². The van der Waals surface area contributed by atoms with Crippen LogP contribution in [0.2, 0.25) is 0 Å². The SMILES string of the molecule is CCc1c(F)c(N2CCC(NC(=O)OC(C)(C)C)C2)nc2c1c(=O)c(C(N)=O)cn2Cc1ccc(OC)cc1OC. The maximum atomic E-state index is 16.0. The smallest absolute Gasteiger partial charge is 0.407 e. The maximum Gasteiger partial charge on any atom is 0.407 e. The number of ether oxygens (including phenoxy) is 3. The number of primary amides is 1. The molecule has 220 valence electrons. The number of anilines is 1. The molecule has 1 aliphatic rings. The van der Waals surface area contributed by atoms with Crippen LogP contribution in [-0.4, -0.2) is 60.5 Å². The van der Waals surface area contributed by atoms with Gasteiger partial charge in [-0.25, -0.2) is 14.2 Å². The lowest BCUT2D eigenvalue weighted by Crippen LogP contribution is -2.40. The van der Waals surface area contributed by atoms with Crippen molar-refractivity contribution in [3.63, 3.8) is 0 Å². The van der Waals surface area contributed by atoms with Crippen LogP contribution >= 0.6 is 0 Å². The Kier molecular flexibility index (Phi) is 8.41. The monoisotopic (exact) mass is 569 g/mol. The molecule has 1 aromatic carbocycles. The number of nitrogens with two attached hydrogens (primary N) is 1. The number of amides is 2. The Labute approximate surface area is 237 Å². The molecule has 11 nitrogen and oxygen atoms in total. The molecule has 2 amide bonds. The van der Waals surface area contributed by atoms with Crippen LogP contribution in [0.3, 0.4) is 0 Å². The Hall–Kier alpha value is -4.35. The van der Waals surface area contributed by atoms with E-state index in [0.717, 1.165) is 0 Å².